The second-order valence-electron chi connectivity index (χ2n) is 4.21. The first kappa shape index (κ1) is 10.3. The number of rotatable bonds is 3. The molecule has 2 rings (SSSR count). The van der Waals surface area contributed by atoms with Crippen LogP contribution >= 0.6 is 0 Å². The molecule has 1 aromatic carbocycles. The summed E-state index contributed by atoms with van der Waals surface area (Å²) >= 11 is 0. The van der Waals surface area contributed by atoms with Gasteiger partial charge in [-0.25, -0.2) is 0 Å². The number of hydrogen-bond acceptors (Lipinski definition) is 3. The Kier molecular flexibility index (Phi) is 3.11. The molecule has 0 amide bonds. The van der Waals surface area contributed by atoms with Gasteiger partial charge in [-0.2, -0.15) is 0 Å². The normalized spacial score (nSPS) is 21.8. The minimum atomic E-state index is 0.319. The molecule has 0 radical (unpaired) electrons. The number of aromatic hydroxyl groups is 1. The molecule has 1 aliphatic rings. The smallest absolute Gasteiger partial charge is 0.117 e. The number of benzene rings is 1. The standard InChI is InChI=1S/C12H18N2O/c1-14-7-3-5-11(14)9-13-10-4-2-6-12(15)8-10/h2,4,6,8,11,13,15H,3,5,7,9H2,1H3. The lowest BCUT2D eigenvalue weighted by Gasteiger charge is -2.20. The van der Waals surface area contributed by atoms with Gasteiger partial charge in [-0.3, -0.25) is 0 Å². The molecule has 0 spiro atoms. The number of nitrogens with zero attached hydrogens (tertiary/aromatic N) is 1. The van der Waals surface area contributed by atoms with E-state index in [4.69, 9.17) is 0 Å². The number of hydrogen-bond donors (Lipinski definition) is 2. The molecule has 1 unspecified atom stereocenters. The third kappa shape index (κ3) is 2.63. The van der Waals surface area contributed by atoms with Crippen LogP contribution in [0.1, 0.15) is 12.8 Å². The van der Waals surface area contributed by atoms with Crippen molar-refractivity contribution >= 4 is 5.69 Å². The zero-order valence-electron chi connectivity index (χ0n) is 9.11. The van der Waals surface area contributed by atoms with Crippen LogP contribution in [0.4, 0.5) is 5.69 Å². The Balaban J connectivity index is 1.87. The van der Waals surface area contributed by atoms with E-state index in [1.807, 2.05) is 12.1 Å². The van der Waals surface area contributed by atoms with Crippen molar-refractivity contribution in [2.45, 2.75) is 18.9 Å². The molecule has 0 saturated carbocycles. The SMILES string of the molecule is CN1CCCC1CNc1cccc(O)c1. The Morgan fingerprint density at radius 1 is 1.53 bits per heavy atom. The van der Waals surface area contributed by atoms with Crippen LogP contribution < -0.4 is 5.32 Å². The maximum absolute atomic E-state index is 9.31. The largest absolute Gasteiger partial charge is 0.508 e. The summed E-state index contributed by atoms with van der Waals surface area (Å²) in [5, 5.41) is 12.7. The van der Waals surface area contributed by atoms with Crippen molar-refractivity contribution < 1.29 is 5.11 Å². The lowest BCUT2D eigenvalue weighted by molar-refractivity contribution is 0.322. The maximum Gasteiger partial charge on any atom is 0.117 e. The van der Waals surface area contributed by atoms with Crippen LogP contribution in [0.25, 0.3) is 0 Å². The Labute approximate surface area is 90.7 Å². The summed E-state index contributed by atoms with van der Waals surface area (Å²) in [5.74, 6) is 0.319. The van der Waals surface area contributed by atoms with E-state index in [1.54, 1.807) is 12.1 Å². The molecule has 15 heavy (non-hydrogen) atoms. The van der Waals surface area contributed by atoms with Gasteiger partial charge in [0, 0.05) is 24.3 Å². The number of phenols is 1. The van der Waals surface area contributed by atoms with Gasteiger partial charge in [0.2, 0.25) is 0 Å². The minimum absolute atomic E-state index is 0.319. The van der Waals surface area contributed by atoms with Gasteiger partial charge in [0.15, 0.2) is 0 Å². The van der Waals surface area contributed by atoms with Gasteiger partial charge in [-0.05, 0) is 38.6 Å². The molecule has 3 nitrogen and oxygen atoms in total. The van der Waals surface area contributed by atoms with Crippen molar-refractivity contribution in [2.75, 3.05) is 25.5 Å². The monoisotopic (exact) mass is 206 g/mol. The fourth-order valence-corrected chi connectivity index (χ4v) is 2.09. The molecule has 0 aromatic heterocycles. The van der Waals surface area contributed by atoms with Gasteiger partial charge in [-0.15, -0.1) is 0 Å². The van der Waals surface area contributed by atoms with Crippen LogP contribution in [0.2, 0.25) is 0 Å². The van der Waals surface area contributed by atoms with Gasteiger partial charge in [0.05, 0.1) is 0 Å². The molecule has 2 N–H and O–H groups in total. The summed E-state index contributed by atoms with van der Waals surface area (Å²) in [5.41, 5.74) is 0.996. The molecule has 1 fully saturated rings. The van der Waals surface area contributed by atoms with Crippen LogP contribution in [0.3, 0.4) is 0 Å². The van der Waals surface area contributed by atoms with E-state index >= 15 is 0 Å². The zero-order valence-corrected chi connectivity index (χ0v) is 9.11. The highest BCUT2D eigenvalue weighted by atomic mass is 16.3. The molecule has 1 atom stereocenters. The molecule has 3 heteroatoms. The van der Waals surface area contributed by atoms with E-state index in [9.17, 15) is 5.11 Å². The Bertz CT molecular complexity index is 327. The van der Waals surface area contributed by atoms with Gasteiger partial charge in [0.1, 0.15) is 5.75 Å². The predicted octanol–water partition coefficient (Wildman–Crippen LogP) is 1.90. The Morgan fingerprint density at radius 2 is 2.40 bits per heavy atom. The lowest BCUT2D eigenvalue weighted by atomic mass is 10.2. The van der Waals surface area contributed by atoms with Crippen LogP contribution in [0.15, 0.2) is 24.3 Å². The molecule has 1 heterocycles. The Hall–Kier alpha value is -1.22. The predicted molar refractivity (Wildman–Crippen MR) is 62.2 cm³/mol. The number of anilines is 1. The van der Waals surface area contributed by atoms with Gasteiger partial charge in [-0.1, -0.05) is 6.07 Å². The average molecular weight is 206 g/mol. The van der Waals surface area contributed by atoms with Crippen molar-refractivity contribution in [3.05, 3.63) is 24.3 Å². The molecule has 1 aliphatic heterocycles. The van der Waals surface area contributed by atoms with Crippen molar-refractivity contribution in [3.63, 3.8) is 0 Å². The highest BCUT2D eigenvalue weighted by Gasteiger charge is 2.19. The quantitative estimate of drug-likeness (QED) is 0.793. The molecule has 1 aromatic rings. The number of phenolic OH excluding ortho intramolecular Hbond substituents is 1. The highest BCUT2D eigenvalue weighted by Crippen LogP contribution is 2.18. The number of likely N-dealkylation sites (N-methyl/N-ethyl adjacent to an activating group) is 1. The van der Waals surface area contributed by atoms with Crippen LogP contribution in [-0.4, -0.2) is 36.2 Å². The van der Waals surface area contributed by atoms with Crippen molar-refractivity contribution in [2.24, 2.45) is 0 Å². The molecule has 82 valence electrons. The second kappa shape index (κ2) is 4.53. The van der Waals surface area contributed by atoms with Gasteiger partial charge in [0.25, 0.3) is 0 Å². The fourth-order valence-electron chi connectivity index (χ4n) is 2.09. The van der Waals surface area contributed by atoms with Crippen molar-refractivity contribution in [3.8, 4) is 5.75 Å². The summed E-state index contributed by atoms with van der Waals surface area (Å²) in [6.45, 7) is 2.16. The summed E-state index contributed by atoms with van der Waals surface area (Å²) in [7, 11) is 2.17. The van der Waals surface area contributed by atoms with E-state index < -0.39 is 0 Å². The topological polar surface area (TPSA) is 35.5 Å². The van der Waals surface area contributed by atoms with E-state index in [1.165, 1.54) is 19.4 Å². The molecule has 1 saturated heterocycles. The van der Waals surface area contributed by atoms with E-state index in [-0.39, 0.29) is 0 Å². The lowest BCUT2D eigenvalue weighted by Crippen LogP contribution is -2.31. The zero-order chi connectivity index (χ0) is 10.7. The average Bonchev–Trinajstić information content (AvgIpc) is 2.61. The third-order valence-corrected chi connectivity index (χ3v) is 3.06. The van der Waals surface area contributed by atoms with E-state index in [0.717, 1.165) is 12.2 Å². The number of nitrogens with one attached hydrogen (secondary N) is 1. The highest BCUT2D eigenvalue weighted by molar-refractivity contribution is 5.47. The first-order valence-electron chi connectivity index (χ1n) is 5.49. The molecule has 0 aliphatic carbocycles. The number of likely N-dealkylation sites (tertiary alicyclic amines) is 1. The van der Waals surface area contributed by atoms with Crippen molar-refractivity contribution in [1.82, 2.24) is 4.90 Å². The fraction of sp³-hybridized carbons (Fsp3) is 0.500. The van der Waals surface area contributed by atoms with Crippen LogP contribution in [0.5, 0.6) is 5.75 Å². The summed E-state index contributed by atoms with van der Waals surface area (Å²) in [6.07, 6.45) is 2.56. The first-order valence-corrected chi connectivity index (χ1v) is 5.49. The first-order chi connectivity index (χ1) is 7.25. The maximum atomic E-state index is 9.31. The summed E-state index contributed by atoms with van der Waals surface area (Å²) in [4.78, 5) is 2.38. The molecule has 0 bridgehead atoms. The van der Waals surface area contributed by atoms with Crippen LogP contribution in [0, 0.1) is 0 Å². The summed E-state index contributed by atoms with van der Waals surface area (Å²) < 4.78 is 0. The Morgan fingerprint density at radius 3 is 3.07 bits per heavy atom. The van der Waals surface area contributed by atoms with E-state index in [0.29, 0.717) is 11.8 Å². The van der Waals surface area contributed by atoms with Crippen LogP contribution in [-0.2, 0) is 0 Å². The third-order valence-electron chi connectivity index (χ3n) is 3.06. The van der Waals surface area contributed by atoms with Crippen molar-refractivity contribution in [1.29, 1.82) is 0 Å². The molecular formula is C12H18N2O. The van der Waals surface area contributed by atoms with E-state index in [2.05, 4.69) is 17.3 Å². The van der Waals surface area contributed by atoms with Gasteiger partial charge >= 0.3 is 0 Å². The second-order valence-corrected chi connectivity index (χ2v) is 4.21. The molecular weight excluding hydrogens is 188 g/mol. The minimum Gasteiger partial charge on any atom is -0.508 e. The van der Waals surface area contributed by atoms with Gasteiger partial charge < -0.3 is 15.3 Å². The summed E-state index contributed by atoms with van der Waals surface area (Å²) in [6, 6.07) is 7.92.